The topological polar surface area (TPSA) is 33.3 Å². The van der Waals surface area contributed by atoms with Crippen molar-refractivity contribution < 1.29 is 4.74 Å². The Morgan fingerprint density at radius 2 is 1.59 bits per heavy atom. The van der Waals surface area contributed by atoms with Crippen LogP contribution in [0.15, 0.2) is 42.5 Å². The summed E-state index contributed by atoms with van der Waals surface area (Å²) in [5.41, 5.74) is 1.99. The van der Waals surface area contributed by atoms with Crippen molar-refractivity contribution in [3.05, 3.63) is 52.5 Å². The van der Waals surface area contributed by atoms with Crippen LogP contribution in [0.4, 0.5) is 11.4 Å². The molecule has 0 spiro atoms. The highest BCUT2D eigenvalue weighted by molar-refractivity contribution is 6.42. The van der Waals surface area contributed by atoms with Gasteiger partial charge in [-0.15, -0.1) is 0 Å². The molecule has 0 heterocycles. The molecule has 3 nitrogen and oxygen atoms in total. The monoisotopic (exact) mass is 338 g/mol. The van der Waals surface area contributed by atoms with Crippen molar-refractivity contribution in [2.75, 3.05) is 23.7 Å². The van der Waals surface area contributed by atoms with Crippen LogP contribution in [0.1, 0.15) is 13.8 Å². The van der Waals surface area contributed by atoms with E-state index in [1.807, 2.05) is 50.2 Å². The average Bonchev–Trinajstić information content (AvgIpc) is 2.47. The Hall–Kier alpha value is -1.58. The molecule has 22 heavy (non-hydrogen) atoms. The lowest BCUT2D eigenvalue weighted by Crippen LogP contribution is -2.13. The molecule has 0 amide bonds. The van der Waals surface area contributed by atoms with Gasteiger partial charge in [-0.05, 0) is 44.2 Å². The minimum Gasteiger partial charge on any atom is -0.491 e. The van der Waals surface area contributed by atoms with Crippen molar-refractivity contribution in [2.45, 2.75) is 20.0 Å². The third kappa shape index (κ3) is 5.32. The number of benzene rings is 2. The zero-order chi connectivity index (χ0) is 15.9. The molecule has 0 radical (unpaired) electrons. The first-order valence-electron chi connectivity index (χ1n) is 7.24. The molecule has 0 fully saturated rings. The van der Waals surface area contributed by atoms with E-state index >= 15 is 0 Å². The minimum absolute atomic E-state index is 0.173. The van der Waals surface area contributed by atoms with Gasteiger partial charge in [0.05, 0.1) is 16.1 Å². The second-order valence-electron chi connectivity index (χ2n) is 5.18. The van der Waals surface area contributed by atoms with Crippen LogP contribution in [0.2, 0.25) is 10.0 Å². The van der Waals surface area contributed by atoms with Gasteiger partial charge in [-0.2, -0.15) is 0 Å². The van der Waals surface area contributed by atoms with E-state index in [1.165, 1.54) is 0 Å². The minimum atomic E-state index is 0.173. The molecule has 0 bridgehead atoms. The molecule has 118 valence electrons. The Labute approximate surface area is 141 Å². The van der Waals surface area contributed by atoms with E-state index in [9.17, 15) is 0 Å². The lowest BCUT2D eigenvalue weighted by atomic mass is 10.3. The van der Waals surface area contributed by atoms with E-state index in [2.05, 4.69) is 10.6 Å². The van der Waals surface area contributed by atoms with Gasteiger partial charge in [0.2, 0.25) is 0 Å². The number of halogens is 2. The van der Waals surface area contributed by atoms with Crippen molar-refractivity contribution in [1.29, 1.82) is 0 Å². The van der Waals surface area contributed by atoms with Crippen molar-refractivity contribution in [3.8, 4) is 5.75 Å². The molecular formula is C17H20Cl2N2O. The van der Waals surface area contributed by atoms with Crippen molar-refractivity contribution >= 4 is 34.6 Å². The Morgan fingerprint density at radius 1 is 0.909 bits per heavy atom. The SMILES string of the molecule is CC(C)Oc1cccc(NCCNc2ccc(Cl)c(Cl)c2)c1. The highest BCUT2D eigenvalue weighted by Crippen LogP contribution is 2.24. The molecule has 2 aromatic rings. The van der Waals surface area contributed by atoms with Crippen molar-refractivity contribution in [2.24, 2.45) is 0 Å². The Kier molecular flexibility index (Phi) is 6.22. The summed E-state index contributed by atoms with van der Waals surface area (Å²) in [6.07, 6.45) is 0.173. The van der Waals surface area contributed by atoms with Crippen LogP contribution < -0.4 is 15.4 Å². The summed E-state index contributed by atoms with van der Waals surface area (Å²) in [7, 11) is 0. The van der Waals surface area contributed by atoms with Crippen LogP contribution in [0.3, 0.4) is 0 Å². The first-order valence-corrected chi connectivity index (χ1v) is 7.99. The van der Waals surface area contributed by atoms with E-state index in [1.54, 1.807) is 6.07 Å². The maximum absolute atomic E-state index is 5.98. The van der Waals surface area contributed by atoms with Crippen LogP contribution in [-0.4, -0.2) is 19.2 Å². The second kappa shape index (κ2) is 8.16. The van der Waals surface area contributed by atoms with E-state index in [4.69, 9.17) is 27.9 Å². The fourth-order valence-corrected chi connectivity index (χ4v) is 2.27. The van der Waals surface area contributed by atoms with E-state index in [-0.39, 0.29) is 6.10 Å². The molecule has 0 aromatic heterocycles. The summed E-state index contributed by atoms with van der Waals surface area (Å²) in [6.45, 7) is 5.58. The van der Waals surface area contributed by atoms with E-state index < -0.39 is 0 Å². The predicted molar refractivity (Wildman–Crippen MR) is 95.6 cm³/mol. The quantitative estimate of drug-likeness (QED) is 0.671. The summed E-state index contributed by atoms with van der Waals surface area (Å²) in [6, 6.07) is 13.5. The molecule has 0 aliphatic heterocycles. The summed E-state index contributed by atoms with van der Waals surface area (Å²) < 4.78 is 5.67. The van der Waals surface area contributed by atoms with Gasteiger partial charge in [-0.3, -0.25) is 0 Å². The number of hydrogen-bond acceptors (Lipinski definition) is 3. The summed E-state index contributed by atoms with van der Waals surface area (Å²) in [5, 5.41) is 7.76. The molecule has 0 aliphatic rings. The molecule has 0 unspecified atom stereocenters. The molecule has 0 atom stereocenters. The Bertz CT molecular complexity index is 617. The molecule has 2 rings (SSSR count). The molecule has 2 aromatic carbocycles. The number of hydrogen-bond donors (Lipinski definition) is 2. The predicted octanol–water partition coefficient (Wildman–Crippen LogP) is 5.30. The largest absolute Gasteiger partial charge is 0.491 e. The highest BCUT2D eigenvalue weighted by Gasteiger charge is 2.00. The summed E-state index contributed by atoms with van der Waals surface area (Å²) in [5.74, 6) is 0.873. The zero-order valence-corrected chi connectivity index (χ0v) is 14.2. The lowest BCUT2D eigenvalue weighted by Gasteiger charge is -2.12. The van der Waals surface area contributed by atoms with Crippen molar-refractivity contribution in [1.82, 2.24) is 0 Å². The standard InChI is InChI=1S/C17H20Cl2N2O/c1-12(2)22-15-5-3-4-13(10-15)20-8-9-21-14-6-7-16(18)17(19)11-14/h3-7,10-12,20-21H,8-9H2,1-2H3. The fourth-order valence-electron chi connectivity index (χ4n) is 1.97. The maximum Gasteiger partial charge on any atom is 0.121 e. The lowest BCUT2D eigenvalue weighted by molar-refractivity contribution is 0.242. The molecule has 0 saturated carbocycles. The molecule has 5 heteroatoms. The average molecular weight is 339 g/mol. The third-order valence-corrected chi connectivity index (χ3v) is 3.65. The van der Waals surface area contributed by atoms with Gasteiger partial charge in [0.1, 0.15) is 5.75 Å². The van der Waals surface area contributed by atoms with Crippen LogP contribution in [0.25, 0.3) is 0 Å². The van der Waals surface area contributed by atoms with Gasteiger partial charge in [0.25, 0.3) is 0 Å². The first-order chi connectivity index (χ1) is 10.5. The Balaban J connectivity index is 1.79. The van der Waals surface area contributed by atoms with E-state index in [0.29, 0.717) is 10.0 Å². The second-order valence-corrected chi connectivity index (χ2v) is 5.99. The van der Waals surface area contributed by atoms with Gasteiger partial charge < -0.3 is 15.4 Å². The third-order valence-electron chi connectivity index (χ3n) is 2.91. The normalized spacial score (nSPS) is 10.6. The van der Waals surface area contributed by atoms with E-state index in [0.717, 1.165) is 30.2 Å². The summed E-state index contributed by atoms with van der Waals surface area (Å²) >= 11 is 11.9. The maximum atomic E-state index is 5.98. The van der Waals surface area contributed by atoms with Crippen LogP contribution >= 0.6 is 23.2 Å². The van der Waals surface area contributed by atoms with Gasteiger partial charge in [-0.25, -0.2) is 0 Å². The number of anilines is 2. The number of nitrogens with one attached hydrogen (secondary N) is 2. The first kappa shape index (κ1) is 16.8. The fraction of sp³-hybridized carbons (Fsp3) is 0.294. The smallest absolute Gasteiger partial charge is 0.121 e. The van der Waals surface area contributed by atoms with Gasteiger partial charge in [0, 0.05) is 30.5 Å². The molecule has 0 saturated heterocycles. The van der Waals surface area contributed by atoms with Gasteiger partial charge >= 0.3 is 0 Å². The molecular weight excluding hydrogens is 319 g/mol. The van der Waals surface area contributed by atoms with Crippen LogP contribution in [-0.2, 0) is 0 Å². The molecule has 2 N–H and O–H groups in total. The Morgan fingerprint density at radius 3 is 2.23 bits per heavy atom. The summed E-state index contributed by atoms with van der Waals surface area (Å²) in [4.78, 5) is 0. The number of ether oxygens (including phenoxy) is 1. The molecule has 0 aliphatic carbocycles. The van der Waals surface area contributed by atoms with Gasteiger partial charge in [0.15, 0.2) is 0 Å². The van der Waals surface area contributed by atoms with Crippen molar-refractivity contribution in [3.63, 3.8) is 0 Å². The van der Waals surface area contributed by atoms with Crippen LogP contribution in [0, 0.1) is 0 Å². The van der Waals surface area contributed by atoms with Crippen LogP contribution in [0.5, 0.6) is 5.75 Å². The van der Waals surface area contributed by atoms with Gasteiger partial charge in [-0.1, -0.05) is 29.3 Å². The number of rotatable bonds is 7. The highest BCUT2D eigenvalue weighted by atomic mass is 35.5. The zero-order valence-electron chi connectivity index (χ0n) is 12.7.